The van der Waals surface area contributed by atoms with Crippen LogP contribution in [0, 0.1) is 11.3 Å². The van der Waals surface area contributed by atoms with Gasteiger partial charge in [-0.25, -0.2) is 0 Å². The van der Waals surface area contributed by atoms with Crippen LogP contribution in [0.2, 0.25) is 0 Å². The molecule has 0 spiro atoms. The Hall–Kier alpha value is -1.05. The second kappa shape index (κ2) is 4.99. The van der Waals surface area contributed by atoms with E-state index in [0.29, 0.717) is 6.42 Å². The first kappa shape index (κ1) is 11.0. The molecular formula is C10H11BrN2O. The van der Waals surface area contributed by atoms with E-state index in [1.54, 1.807) is 7.11 Å². The predicted octanol–water partition coefficient (Wildman–Crippen LogP) is 2.37. The van der Waals surface area contributed by atoms with Gasteiger partial charge in [0.15, 0.2) is 0 Å². The molecule has 1 aromatic rings. The minimum absolute atomic E-state index is 0.234. The first-order chi connectivity index (χ1) is 6.69. The SMILES string of the molecule is COc1ccc([C@@H](N)CC#N)cc1Br. The maximum atomic E-state index is 8.50. The fourth-order valence-corrected chi connectivity index (χ4v) is 1.69. The van der Waals surface area contributed by atoms with Crippen molar-refractivity contribution in [3.63, 3.8) is 0 Å². The van der Waals surface area contributed by atoms with Crippen LogP contribution in [-0.4, -0.2) is 7.11 Å². The monoisotopic (exact) mass is 254 g/mol. The molecule has 0 aliphatic rings. The number of benzene rings is 1. The highest BCUT2D eigenvalue weighted by atomic mass is 79.9. The minimum atomic E-state index is -0.234. The van der Waals surface area contributed by atoms with Crippen molar-refractivity contribution in [2.75, 3.05) is 7.11 Å². The molecule has 0 unspecified atom stereocenters. The van der Waals surface area contributed by atoms with Gasteiger partial charge in [-0.2, -0.15) is 5.26 Å². The summed E-state index contributed by atoms with van der Waals surface area (Å²) in [6.07, 6.45) is 0.318. The summed E-state index contributed by atoms with van der Waals surface area (Å²) in [6, 6.07) is 7.38. The lowest BCUT2D eigenvalue weighted by molar-refractivity contribution is 0.412. The Morgan fingerprint density at radius 3 is 2.86 bits per heavy atom. The molecule has 3 nitrogen and oxygen atoms in total. The fraction of sp³-hybridized carbons (Fsp3) is 0.300. The summed E-state index contributed by atoms with van der Waals surface area (Å²) in [7, 11) is 1.61. The zero-order chi connectivity index (χ0) is 10.6. The smallest absolute Gasteiger partial charge is 0.133 e. The van der Waals surface area contributed by atoms with Gasteiger partial charge in [-0.1, -0.05) is 6.07 Å². The standard InChI is InChI=1S/C10H11BrN2O/c1-14-10-3-2-7(6-8(10)11)9(13)4-5-12/h2-3,6,9H,4,13H2,1H3/t9-/m0/s1. The quantitative estimate of drug-likeness (QED) is 0.901. The lowest BCUT2D eigenvalue weighted by Gasteiger charge is -2.10. The highest BCUT2D eigenvalue weighted by Gasteiger charge is 2.07. The van der Waals surface area contributed by atoms with Crippen molar-refractivity contribution in [1.82, 2.24) is 0 Å². The summed E-state index contributed by atoms with van der Waals surface area (Å²) in [5.41, 5.74) is 6.71. The highest BCUT2D eigenvalue weighted by molar-refractivity contribution is 9.10. The summed E-state index contributed by atoms with van der Waals surface area (Å²) in [6.45, 7) is 0. The Labute approximate surface area is 91.6 Å². The Morgan fingerprint density at radius 1 is 1.64 bits per heavy atom. The molecule has 0 saturated carbocycles. The van der Waals surface area contributed by atoms with Crippen molar-refractivity contribution in [2.45, 2.75) is 12.5 Å². The van der Waals surface area contributed by atoms with Gasteiger partial charge >= 0.3 is 0 Å². The van der Waals surface area contributed by atoms with Crippen LogP contribution in [0.15, 0.2) is 22.7 Å². The fourth-order valence-electron chi connectivity index (χ4n) is 1.13. The average molecular weight is 255 g/mol. The van der Waals surface area contributed by atoms with Gasteiger partial charge in [-0.15, -0.1) is 0 Å². The lowest BCUT2D eigenvalue weighted by Crippen LogP contribution is -2.09. The zero-order valence-corrected chi connectivity index (χ0v) is 9.41. The van der Waals surface area contributed by atoms with E-state index in [2.05, 4.69) is 15.9 Å². The molecule has 0 bridgehead atoms. The number of hydrogen-bond donors (Lipinski definition) is 1. The number of nitriles is 1. The van der Waals surface area contributed by atoms with E-state index in [1.807, 2.05) is 24.3 Å². The maximum absolute atomic E-state index is 8.50. The molecule has 1 aromatic carbocycles. The number of nitrogens with two attached hydrogens (primary N) is 1. The van der Waals surface area contributed by atoms with E-state index < -0.39 is 0 Å². The van der Waals surface area contributed by atoms with Gasteiger partial charge in [0.25, 0.3) is 0 Å². The Bertz CT molecular complexity index is 360. The molecule has 14 heavy (non-hydrogen) atoms. The summed E-state index contributed by atoms with van der Waals surface area (Å²) >= 11 is 3.36. The van der Waals surface area contributed by atoms with Crippen LogP contribution >= 0.6 is 15.9 Å². The van der Waals surface area contributed by atoms with Crippen LogP contribution in [0.25, 0.3) is 0 Å². The van der Waals surface area contributed by atoms with Crippen LogP contribution in [0.5, 0.6) is 5.75 Å². The zero-order valence-electron chi connectivity index (χ0n) is 7.83. The van der Waals surface area contributed by atoms with Crippen LogP contribution in [0.3, 0.4) is 0 Å². The number of nitrogens with zero attached hydrogens (tertiary/aromatic N) is 1. The number of ether oxygens (including phenoxy) is 1. The summed E-state index contributed by atoms with van der Waals surface area (Å²) < 4.78 is 5.94. The highest BCUT2D eigenvalue weighted by Crippen LogP contribution is 2.28. The van der Waals surface area contributed by atoms with E-state index in [9.17, 15) is 0 Å². The number of methoxy groups -OCH3 is 1. The second-order valence-electron chi connectivity index (χ2n) is 2.86. The Balaban J connectivity index is 2.92. The number of hydrogen-bond acceptors (Lipinski definition) is 3. The molecule has 0 amide bonds. The molecule has 0 aromatic heterocycles. The van der Waals surface area contributed by atoms with E-state index in [4.69, 9.17) is 15.7 Å². The third kappa shape index (κ3) is 2.47. The van der Waals surface area contributed by atoms with Gasteiger partial charge in [0.2, 0.25) is 0 Å². The molecule has 2 N–H and O–H groups in total. The predicted molar refractivity (Wildman–Crippen MR) is 57.9 cm³/mol. The molecule has 0 fully saturated rings. The Kier molecular flexibility index (Phi) is 3.93. The van der Waals surface area contributed by atoms with Gasteiger partial charge in [0, 0.05) is 6.04 Å². The van der Waals surface area contributed by atoms with Crippen LogP contribution in [0.4, 0.5) is 0 Å². The largest absolute Gasteiger partial charge is 0.496 e. The van der Waals surface area contributed by atoms with Crippen molar-refractivity contribution >= 4 is 15.9 Å². The van der Waals surface area contributed by atoms with Crippen molar-refractivity contribution in [1.29, 1.82) is 5.26 Å². The number of rotatable bonds is 3. The minimum Gasteiger partial charge on any atom is -0.496 e. The molecule has 0 saturated heterocycles. The second-order valence-corrected chi connectivity index (χ2v) is 3.72. The Morgan fingerprint density at radius 2 is 2.36 bits per heavy atom. The van der Waals surface area contributed by atoms with E-state index in [-0.39, 0.29) is 6.04 Å². The van der Waals surface area contributed by atoms with E-state index in [1.165, 1.54) is 0 Å². The molecule has 1 atom stereocenters. The van der Waals surface area contributed by atoms with Gasteiger partial charge in [0.1, 0.15) is 5.75 Å². The van der Waals surface area contributed by atoms with Gasteiger partial charge in [0.05, 0.1) is 24.1 Å². The van der Waals surface area contributed by atoms with Crippen molar-refractivity contribution in [2.24, 2.45) is 5.73 Å². The van der Waals surface area contributed by atoms with Crippen LogP contribution in [-0.2, 0) is 0 Å². The third-order valence-corrected chi connectivity index (χ3v) is 2.53. The van der Waals surface area contributed by atoms with Gasteiger partial charge < -0.3 is 10.5 Å². The summed E-state index contributed by atoms with van der Waals surface area (Å²) in [4.78, 5) is 0. The molecule has 0 radical (unpaired) electrons. The van der Waals surface area contributed by atoms with Gasteiger partial charge in [-0.05, 0) is 33.6 Å². The third-order valence-electron chi connectivity index (χ3n) is 1.92. The molecule has 74 valence electrons. The molecule has 1 rings (SSSR count). The first-order valence-electron chi connectivity index (χ1n) is 4.15. The average Bonchev–Trinajstić information content (AvgIpc) is 2.18. The molecule has 4 heteroatoms. The van der Waals surface area contributed by atoms with Crippen LogP contribution in [0.1, 0.15) is 18.0 Å². The number of halogens is 1. The molecule has 0 heterocycles. The summed E-state index contributed by atoms with van der Waals surface area (Å²) in [5, 5.41) is 8.50. The molecular weight excluding hydrogens is 244 g/mol. The van der Waals surface area contributed by atoms with E-state index in [0.717, 1.165) is 15.8 Å². The lowest BCUT2D eigenvalue weighted by atomic mass is 10.1. The first-order valence-corrected chi connectivity index (χ1v) is 4.94. The van der Waals surface area contributed by atoms with Gasteiger partial charge in [-0.3, -0.25) is 0 Å². The normalized spacial score (nSPS) is 11.9. The summed E-state index contributed by atoms with van der Waals surface area (Å²) in [5.74, 6) is 0.762. The van der Waals surface area contributed by atoms with E-state index >= 15 is 0 Å². The molecule has 0 aliphatic heterocycles. The van der Waals surface area contributed by atoms with Crippen molar-refractivity contribution in [3.05, 3.63) is 28.2 Å². The van der Waals surface area contributed by atoms with Crippen LogP contribution < -0.4 is 10.5 Å². The topological polar surface area (TPSA) is 59.0 Å². The maximum Gasteiger partial charge on any atom is 0.133 e. The molecule has 0 aliphatic carbocycles. The van der Waals surface area contributed by atoms with Crippen molar-refractivity contribution in [3.8, 4) is 11.8 Å². The van der Waals surface area contributed by atoms with Crippen molar-refractivity contribution < 1.29 is 4.74 Å².